The molecular weight excluding hydrogens is 238 g/mol. The Morgan fingerprint density at radius 1 is 1.32 bits per heavy atom. The van der Waals surface area contributed by atoms with Crippen LogP contribution in [0.4, 0.5) is 0 Å². The normalized spacial score (nSPS) is 13.5. The highest BCUT2D eigenvalue weighted by Gasteiger charge is 2.27. The van der Waals surface area contributed by atoms with Gasteiger partial charge >= 0.3 is 0 Å². The maximum absolute atomic E-state index is 6.11. The van der Waals surface area contributed by atoms with Gasteiger partial charge in [0, 0.05) is 6.42 Å². The Kier molecular flexibility index (Phi) is 3.71. The summed E-state index contributed by atoms with van der Waals surface area (Å²) in [7, 11) is 0. The molecule has 0 fully saturated rings. The second kappa shape index (κ2) is 5.13. The van der Waals surface area contributed by atoms with Gasteiger partial charge in [0.25, 0.3) is 0 Å². The first-order valence-electron chi connectivity index (χ1n) is 6.50. The zero-order valence-corrected chi connectivity index (χ0v) is 12.0. The summed E-state index contributed by atoms with van der Waals surface area (Å²) in [6.45, 7) is 8.24. The van der Waals surface area contributed by atoms with E-state index in [0.717, 1.165) is 0 Å². The van der Waals surface area contributed by atoms with Crippen LogP contribution in [0.2, 0.25) is 0 Å². The van der Waals surface area contributed by atoms with Crippen LogP contribution in [-0.2, 0) is 6.42 Å². The van der Waals surface area contributed by atoms with Gasteiger partial charge in [-0.1, -0.05) is 55.8 Å². The van der Waals surface area contributed by atoms with E-state index >= 15 is 0 Å². The van der Waals surface area contributed by atoms with E-state index in [2.05, 4.69) is 56.0 Å². The van der Waals surface area contributed by atoms with E-state index in [1.165, 1.54) is 11.1 Å². The molecule has 0 saturated heterocycles. The Morgan fingerprint density at radius 2 is 2.05 bits per heavy atom. The van der Waals surface area contributed by atoms with Crippen molar-refractivity contribution in [2.45, 2.75) is 40.2 Å². The van der Waals surface area contributed by atoms with Crippen LogP contribution in [0, 0.1) is 12.3 Å². The largest absolute Gasteiger partial charge is 0.338 e. The molecule has 0 spiro atoms. The molecule has 0 unspecified atom stereocenters. The molecule has 4 nitrogen and oxygen atoms in total. The molecule has 1 atom stereocenters. The van der Waals surface area contributed by atoms with E-state index < -0.39 is 0 Å². The summed E-state index contributed by atoms with van der Waals surface area (Å²) in [6, 6.07) is 8.05. The lowest BCUT2D eigenvalue weighted by Crippen LogP contribution is -2.26. The quantitative estimate of drug-likeness (QED) is 0.920. The lowest BCUT2D eigenvalue weighted by atomic mass is 9.87. The molecule has 2 aromatic rings. The van der Waals surface area contributed by atoms with E-state index in [1.54, 1.807) is 0 Å². The van der Waals surface area contributed by atoms with Crippen molar-refractivity contribution in [1.82, 2.24) is 10.1 Å². The molecule has 0 aliphatic heterocycles. The van der Waals surface area contributed by atoms with Gasteiger partial charge in [0.05, 0.1) is 6.04 Å². The maximum atomic E-state index is 6.11. The highest BCUT2D eigenvalue weighted by Crippen LogP contribution is 2.29. The number of nitrogens with two attached hydrogens (primary N) is 1. The van der Waals surface area contributed by atoms with Gasteiger partial charge in [0.2, 0.25) is 5.89 Å². The first kappa shape index (κ1) is 13.7. The van der Waals surface area contributed by atoms with Crippen molar-refractivity contribution in [3.8, 4) is 0 Å². The Morgan fingerprint density at radius 3 is 2.68 bits per heavy atom. The third-order valence-corrected chi connectivity index (χ3v) is 3.13. The lowest BCUT2D eigenvalue weighted by Gasteiger charge is -2.23. The van der Waals surface area contributed by atoms with Crippen LogP contribution < -0.4 is 5.73 Å². The fourth-order valence-electron chi connectivity index (χ4n) is 1.84. The third kappa shape index (κ3) is 3.41. The molecule has 2 N–H and O–H groups in total. The van der Waals surface area contributed by atoms with Gasteiger partial charge < -0.3 is 10.3 Å². The number of hydrogen-bond acceptors (Lipinski definition) is 4. The number of hydrogen-bond donors (Lipinski definition) is 1. The second-order valence-electron chi connectivity index (χ2n) is 6.06. The zero-order valence-electron chi connectivity index (χ0n) is 12.0. The summed E-state index contributed by atoms with van der Waals surface area (Å²) in [4.78, 5) is 4.40. The molecule has 1 heterocycles. The van der Waals surface area contributed by atoms with Crippen molar-refractivity contribution in [2.24, 2.45) is 11.1 Å². The fraction of sp³-hybridized carbons (Fsp3) is 0.467. The molecule has 0 aliphatic rings. The minimum Gasteiger partial charge on any atom is -0.338 e. The highest BCUT2D eigenvalue weighted by molar-refractivity contribution is 5.24. The topological polar surface area (TPSA) is 64.9 Å². The van der Waals surface area contributed by atoms with Crippen LogP contribution in [-0.4, -0.2) is 10.1 Å². The van der Waals surface area contributed by atoms with Gasteiger partial charge in [-0.2, -0.15) is 4.98 Å². The molecule has 1 aromatic heterocycles. The monoisotopic (exact) mass is 259 g/mol. The maximum Gasteiger partial charge on any atom is 0.244 e. The van der Waals surface area contributed by atoms with Crippen molar-refractivity contribution < 1.29 is 4.52 Å². The lowest BCUT2D eigenvalue weighted by molar-refractivity contribution is 0.252. The summed E-state index contributed by atoms with van der Waals surface area (Å²) in [5, 5.41) is 4.01. The third-order valence-electron chi connectivity index (χ3n) is 3.13. The highest BCUT2D eigenvalue weighted by atomic mass is 16.5. The van der Waals surface area contributed by atoms with Crippen molar-refractivity contribution in [2.75, 3.05) is 0 Å². The van der Waals surface area contributed by atoms with Crippen molar-refractivity contribution in [1.29, 1.82) is 0 Å². The van der Waals surface area contributed by atoms with Gasteiger partial charge in [-0.25, -0.2) is 0 Å². The number of rotatable bonds is 3. The van der Waals surface area contributed by atoms with E-state index in [9.17, 15) is 0 Å². The summed E-state index contributed by atoms with van der Waals surface area (Å²) in [6.07, 6.45) is 0.669. The fourth-order valence-corrected chi connectivity index (χ4v) is 1.84. The van der Waals surface area contributed by atoms with Gasteiger partial charge in [0.15, 0.2) is 5.82 Å². The minimum atomic E-state index is -0.244. The van der Waals surface area contributed by atoms with Crippen LogP contribution in [0.3, 0.4) is 0 Å². The molecule has 0 radical (unpaired) electrons. The van der Waals surface area contributed by atoms with Crippen molar-refractivity contribution >= 4 is 0 Å². The van der Waals surface area contributed by atoms with E-state index in [-0.39, 0.29) is 11.5 Å². The zero-order chi connectivity index (χ0) is 14.0. The Balaban J connectivity index is 2.14. The Labute approximate surface area is 114 Å². The SMILES string of the molecule is Cc1cccc(Cc2noc([C@@H](N)C(C)(C)C)n2)c1. The first-order valence-corrected chi connectivity index (χ1v) is 6.50. The Bertz CT molecular complexity index is 555. The molecule has 2 rings (SSSR count). The Hall–Kier alpha value is -1.68. The van der Waals surface area contributed by atoms with Crippen molar-refractivity contribution in [3.05, 3.63) is 47.1 Å². The van der Waals surface area contributed by atoms with Gasteiger partial charge in [0.1, 0.15) is 0 Å². The average molecular weight is 259 g/mol. The second-order valence-corrected chi connectivity index (χ2v) is 6.06. The van der Waals surface area contributed by atoms with Crippen LogP contribution in [0.25, 0.3) is 0 Å². The van der Waals surface area contributed by atoms with Crippen LogP contribution in [0.1, 0.15) is 49.7 Å². The predicted molar refractivity (Wildman–Crippen MR) is 74.7 cm³/mol. The van der Waals surface area contributed by atoms with Crippen LogP contribution >= 0.6 is 0 Å². The molecule has 102 valence electrons. The molecule has 0 saturated carbocycles. The molecule has 4 heteroatoms. The van der Waals surface area contributed by atoms with Gasteiger partial charge in [-0.05, 0) is 17.9 Å². The van der Waals surface area contributed by atoms with E-state index in [0.29, 0.717) is 18.1 Å². The van der Waals surface area contributed by atoms with E-state index in [1.807, 2.05) is 6.07 Å². The molecular formula is C15H21N3O. The van der Waals surface area contributed by atoms with E-state index in [4.69, 9.17) is 10.3 Å². The molecule has 0 amide bonds. The average Bonchev–Trinajstić information content (AvgIpc) is 2.75. The number of benzene rings is 1. The first-order chi connectivity index (χ1) is 8.86. The summed E-state index contributed by atoms with van der Waals surface area (Å²) in [5.41, 5.74) is 8.42. The van der Waals surface area contributed by atoms with Gasteiger partial charge in [-0.3, -0.25) is 0 Å². The molecule has 0 bridgehead atoms. The standard InChI is InChI=1S/C15H21N3O/c1-10-6-5-7-11(8-10)9-12-17-14(19-18-12)13(16)15(2,3)4/h5-8,13H,9,16H2,1-4H3/t13-/m1/s1. The van der Waals surface area contributed by atoms with Gasteiger partial charge in [-0.15, -0.1) is 0 Å². The number of aryl methyl sites for hydroxylation is 1. The smallest absolute Gasteiger partial charge is 0.244 e. The number of nitrogens with zero attached hydrogens (tertiary/aromatic N) is 2. The van der Waals surface area contributed by atoms with Crippen LogP contribution in [0.5, 0.6) is 0 Å². The predicted octanol–water partition coefficient (Wildman–Crippen LogP) is 3.01. The number of aromatic nitrogens is 2. The van der Waals surface area contributed by atoms with Crippen LogP contribution in [0.15, 0.2) is 28.8 Å². The summed E-state index contributed by atoms with van der Waals surface area (Å²) in [5.74, 6) is 1.19. The van der Waals surface area contributed by atoms with Crippen molar-refractivity contribution in [3.63, 3.8) is 0 Å². The molecule has 19 heavy (non-hydrogen) atoms. The summed E-state index contributed by atoms with van der Waals surface area (Å²) < 4.78 is 5.27. The summed E-state index contributed by atoms with van der Waals surface area (Å²) >= 11 is 0. The molecule has 1 aromatic carbocycles. The minimum absolute atomic E-state index is 0.0901. The molecule has 0 aliphatic carbocycles.